The zero-order chi connectivity index (χ0) is 19.5. The predicted octanol–water partition coefficient (Wildman–Crippen LogP) is 2.75. The van der Waals surface area contributed by atoms with Crippen LogP contribution in [0.25, 0.3) is 22.1 Å². The third-order valence-electron chi connectivity index (χ3n) is 5.75. The van der Waals surface area contributed by atoms with Gasteiger partial charge in [0.2, 0.25) is 0 Å². The predicted molar refractivity (Wildman–Crippen MR) is 107 cm³/mol. The Bertz CT molecular complexity index is 1290. The van der Waals surface area contributed by atoms with Gasteiger partial charge in [-0.1, -0.05) is 41.0 Å². The second-order valence-corrected chi connectivity index (χ2v) is 7.68. The van der Waals surface area contributed by atoms with E-state index in [2.05, 4.69) is 20.1 Å². The van der Waals surface area contributed by atoms with Crippen molar-refractivity contribution >= 4 is 39.4 Å². The summed E-state index contributed by atoms with van der Waals surface area (Å²) in [6, 6.07) is 11.8. The number of aliphatic hydroxyl groups is 1. The molecule has 1 N–H and O–H groups in total. The number of halogens is 1. The first-order valence-electron chi connectivity index (χ1n) is 9.31. The van der Waals surface area contributed by atoms with Gasteiger partial charge in [0.05, 0.1) is 35.6 Å². The molecule has 0 radical (unpaired) electrons. The summed E-state index contributed by atoms with van der Waals surface area (Å²) in [5.41, 5.74) is 3.52. The van der Waals surface area contributed by atoms with Crippen molar-refractivity contribution in [1.29, 1.82) is 0 Å². The van der Waals surface area contributed by atoms with Crippen molar-refractivity contribution in [3.05, 3.63) is 59.9 Å². The average Bonchev–Trinajstić information content (AvgIpc) is 3.44. The minimum atomic E-state index is -0.651. The van der Waals surface area contributed by atoms with Gasteiger partial charge in [0, 0.05) is 5.39 Å². The van der Waals surface area contributed by atoms with E-state index in [0.29, 0.717) is 22.7 Å². The molecule has 1 aliphatic heterocycles. The largest absolute Gasteiger partial charge is 0.389 e. The number of hydrogen-bond acceptors (Lipinski definition) is 7. The number of benzene rings is 1. The summed E-state index contributed by atoms with van der Waals surface area (Å²) < 4.78 is 1.93. The van der Waals surface area contributed by atoms with E-state index >= 15 is 0 Å². The molecule has 6 rings (SSSR count). The fourth-order valence-corrected chi connectivity index (χ4v) is 4.59. The smallest absolute Gasteiger partial charge is 0.165 e. The van der Waals surface area contributed by atoms with Gasteiger partial charge in [-0.05, 0) is 18.6 Å². The van der Waals surface area contributed by atoms with Crippen LogP contribution >= 0.6 is 11.6 Å². The normalized spacial score (nSPS) is 25.9. The molecule has 0 unspecified atom stereocenters. The Balaban J connectivity index is 1.45. The van der Waals surface area contributed by atoms with E-state index in [1.807, 2.05) is 41.0 Å². The van der Waals surface area contributed by atoms with Crippen molar-refractivity contribution in [3.63, 3.8) is 0 Å². The monoisotopic (exact) mass is 406 g/mol. The Hall–Kier alpha value is -3.10. The zero-order valence-corrected chi connectivity index (χ0v) is 15.8. The highest BCUT2D eigenvalue weighted by atomic mass is 35.5. The molecule has 1 aromatic carbocycles. The van der Waals surface area contributed by atoms with Gasteiger partial charge in [0.25, 0.3) is 0 Å². The lowest BCUT2D eigenvalue weighted by Crippen LogP contribution is -2.29. The van der Waals surface area contributed by atoms with E-state index in [1.165, 1.54) is 6.33 Å². The number of pyridine rings is 1. The zero-order valence-electron chi connectivity index (χ0n) is 15.1. The molecule has 0 amide bonds. The van der Waals surface area contributed by atoms with Crippen LogP contribution in [-0.2, 0) is 4.84 Å². The van der Waals surface area contributed by atoms with Crippen molar-refractivity contribution < 1.29 is 9.94 Å². The number of fused-ring (bicyclic) bond motifs is 3. The first kappa shape index (κ1) is 16.8. The molecule has 3 aromatic heterocycles. The molecule has 4 heterocycles. The second kappa shape index (κ2) is 6.20. The van der Waals surface area contributed by atoms with Gasteiger partial charge in [-0.15, -0.1) is 0 Å². The van der Waals surface area contributed by atoms with Crippen LogP contribution in [-0.4, -0.2) is 47.5 Å². The van der Waals surface area contributed by atoms with Crippen molar-refractivity contribution in [2.24, 2.45) is 11.1 Å². The molecule has 29 heavy (non-hydrogen) atoms. The SMILES string of the molecule is O[C@H]1C[C@@H](n2cnc3c(Cl)ncnc32)[C@@H]2C(c3ccc4ccccc4n3)=NO[C@@H]21. The highest BCUT2D eigenvalue weighted by Crippen LogP contribution is 2.44. The molecule has 0 bridgehead atoms. The Kier molecular flexibility index (Phi) is 3.60. The van der Waals surface area contributed by atoms with Crippen LogP contribution in [0.5, 0.6) is 0 Å². The third kappa shape index (κ3) is 2.46. The van der Waals surface area contributed by atoms with E-state index in [0.717, 1.165) is 22.3 Å². The number of rotatable bonds is 2. The van der Waals surface area contributed by atoms with Gasteiger partial charge in [-0.3, -0.25) is 0 Å². The number of aromatic nitrogens is 5. The highest BCUT2D eigenvalue weighted by molar-refractivity contribution is 6.33. The highest BCUT2D eigenvalue weighted by Gasteiger charge is 2.52. The lowest BCUT2D eigenvalue weighted by Gasteiger charge is -2.20. The lowest BCUT2D eigenvalue weighted by atomic mass is 9.93. The van der Waals surface area contributed by atoms with Crippen LogP contribution in [0.4, 0.5) is 0 Å². The fourth-order valence-electron chi connectivity index (χ4n) is 4.42. The first-order chi connectivity index (χ1) is 14.2. The van der Waals surface area contributed by atoms with Crippen LogP contribution in [0.3, 0.4) is 0 Å². The molecule has 8 nitrogen and oxygen atoms in total. The summed E-state index contributed by atoms with van der Waals surface area (Å²) >= 11 is 6.16. The summed E-state index contributed by atoms with van der Waals surface area (Å²) in [7, 11) is 0. The van der Waals surface area contributed by atoms with Crippen LogP contribution in [0.1, 0.15) is 18.2 Å². The van der Waals surface area contributed by atoms with Gasteiger partial charge in [0.1, 0.15) is 17.6 Å². The summed E-state index contributed by atoms with van der Waals surface area (Å²) in [6.45, 7) is 0. The Morgan fingerprint density at radius 1 is 1.10 bits per heavy atom. The maximum Gasteiger partial charge on any atom is 0.165 e. The number of para-hydroxylation sites is 1. The van der Waals surface area contributed by atoms with Crippen LogP contribution in [0.15, 0.2) is 54.2 Å². The topological polar surface area (TPSA) is 98.3 Å². The molecule has 4 atom stereocenters. The van der Waals surface area contributed by atoms with Crippen molar-refractivity contribution in [2.45, 2.75) is 24.7 Å². The van der Waals surface area contributed by atoms with E-state index in [9.17, 15) is 5.11 Å². The van der Waals surface area contributed by atoms with Gasteiger partial charge in [0.15, 0.2) is 16.9 Å². The van der Waals surface area contributed by atoms with Gasteiger partial charge < -0.3 is 14.5 Å². The minimum absolute atomic E-state index is 0.138. The molecule has 9 heteroatoms. The Morgan fingerprint density at radius 2 is 2.00 bits per heavy atom. The van der Waals surface area contributed by atoms with Crippen molar-refractivity contribution in [3.8, 4) is 0 Å². The molecule has 4 aromatic rings. The fraction of sp³-hybridized carbons (Fsp3) is 0.250. The average molecular weight is 407 g/mol. The molecule has 1 aliphatic carbocycles. The number of aliphatic hydroxyl groups excluding tert-OH is 1. The maximum atomic E-state index is 10.6. The van der Waals surface area contributed by atoms with Gasteiger partial charge >= 0.3 is 0 Å². The molecular weight excluding hydrogens is 392 g/mol. The number of oxime groups is 1. The number of imidazole rings is 1. The number of hydrogen-bond donors (Lipinski definition) is 1. The van der Waals surface area contributed by atoms with Gasteiger partial charge in [-0.25, -0.2) is 19.9 Å². The molecule has 0 spiro atoms. The lowest BCUT2D eigenvalue weighted by molar-refractivity contribution is -0.0104. The minimum Gasteiger partial charge on any atom is -0.389 e. The molecule has 0 saturated heterocycles. The van der Waals surface area contributed by atoms with Crippen LogP contribution in [0.2, 0.25) is 5.15 Å². The summed E-state index contributed by atoms with van der Waals surface area (Å²) in [5, 5.41) is 16.3. The molecule has 144 valence electrons. The summed E-state index contributed by atoms with van der Waals surface area (Å²) in [4.78, 5) is 23.1. The van der Waals surface area contributed by atoms with Crippen molar-refractivity contribution in [1.82, 2.24) is 24.5 Å². The number of nitrogens with zero attached hydrogens (tertiary/aromatic N) is 6. The van der Waals surface area contributed by atoms with Crippen LogP contribution < -0.4 is 0 Å². The quantitative estimate of drug-likeness (QED) is 0.514. The summed E-state index contributed by atoms with van der Waals surface area (Å²) in [5.74, 6) is -0.176. The summed E-state index contributed by atoms with van der Waals surface area (Å²) in [6.07, 6.45) is 2.51. The molecule has 2 aliphatic rings. The van der Waals surface area contributed by atoms with E-state index < -0.39 is 12.2 Å². The maximum absolute atomic E-state index is 10.6. The molecule has 1 saturated carbocycles. The van der Waals surface area contributed by atoms with Crippen LogP contribution in [0, 0.1) is 5.92 Å². The first-order valence-corrected chi connectivity index (χ1v) is 9.69. The van der Waals surface area contributed by atoms with Crippen molar-refractivity contribution in [2.75, 3.05) is 0 Å². The molecular formula is C20H15ClN6O2. The Labute approximate surface area is 169 Å². The second-order valence-electron chi connectivity index (χ2n) is 7.32. The van der Waals surface area contributed by atoms with E-state index in [-0.39, 0.29) is 12.0 Å². The molecule has 1 fully saturated rings. The van der Waals surface area contributed by atoms with E-state index in [1.54, 1.807) is 6.33 Å². The standard InChI is InChI=1S/C20H15ClN6O2/c21-19-17-20(23-8-22-19)27(9-24-17)13-7-14(28)18-15(13)16(26-29-18)12-6-5-10-3-1-2-4-11(10)25-12/h1-6,8-9,13-15,18,28H,7H2/t13-,14+,15-,18-/m1/s1. The van der Waals surface area contributed by atoms with Gasteiger partial charge in [-0.2, -0.15) is 0 Å². The third-order valence-corrected chi connectivity index (χ3v) is 6.03. The Morgan fingerprint density at radius 3 is 2.93 bits per heavy atom. The van der Waals surface area contributed by atoms with E-state index in [4.69, 9.17) is 21.4 Å².